The number of thiophene rings is 1. The predicted molar refractivity (Wildman–Crippen MR) is 159 cm³/mol. The number of hydrogen-bond donors (Lipinski definition) is 1. The highest BCUT2D eigenvalue weighted by Crippen LogP contribution is 2.39. The lowest BCUT2D eigenvalue weighted by Gasteiger charge is -2.29. The molecule has 2 unspecified atom stereocenters. The highest BCUT2D eigenvalue weighted by Gasteiger charge is 2.42. The molecule has 1 saturated carbocycles. The minimum absolute atomic E-state index is 0.107. The Labute approximate surface area is 246 Å². The van der Waals surface area contributed by atoms with Gasteiger partial charge in [-0.25, -0.2) is 0 Å². The summed E-state index contributed by atoms with van der Waals surface area (Å²) in [7, 11) is 0. The largest absolute Gasteiger partial charge is 0.481 e. The molecule has 3 fully saturated rings. The van der Waals surface area contributed by atoms with Crippen LogP contribution < -0.4 is 0 Å². The van der Waals surface area contributed by atoms with E-state index in [0.29, 0.717) is 38.9 Å². The van der Waals surface area contributed by atoms with Crippen LogP contribution in [0, 0.1) is 11.8 Å². The molecule has 2 saturated heterocycles. The summed E-state index contributed by atoms with van der Waals surface area (Å²) in [5.41, 5.74) is 0. The number of rotatable bonds is 13. The van der Waals surface area contributed by atoms with Crippen LogP contribution in [0.1, 0.15) is 81.6 Å². The molecule has 0 spiro atoms. The molecule has 7 nitrogen and oxygen atoms in total. The van der Waals surface area contributed by atoms with E-state index in [1.165, 1.54) is 10.1 Å². The van der Waals surface area contributed by atoms with Crippen molar-refractivity contribution in [1.29, 1.82) is 0 Å². The van der Waals surface area contributed by atoms with E-state index in [4.69, 9.17) is 24.1 Å². The Morgan fingerprint density at radius 1 is 1.07 bits per heavy atom. The average Bonchev–Trinajstić information content (AvgIpc) is 3.54. The number of aliphatic carboxylic acids is 1. The fourth-order valence-corrected chi connectivity index (χ4v) is 7.03. The standard InChI is InChI=1S/C33H42O7S/c34-26-22-28(40-33-16-8-10-20-38-33)25(24(26)12-3-1-2-4-14-31(35)36)17-18-27(39-32-15-7-9-19-37-32)30-21-23-11-5-6-13-29(23)41-30/h1,3,5-6,11,13,17-18,21,24-25,27-28,32-33H,2,4,7-10,12,14-16,19-20,22H2,(H,35,36)/b3-1-,18-17+/t24-,25-,27-,28-,32?,33?/m1/s1. The summed E-state index contributed by atoms with van der Waals surface area (Å²) in [4.78, 5) is 25.2. The molecule has 0 bridgehead atoms. The molecular weight excluding hydrogens is 540 g/mol. The van der Waals surface area contributed by atoms with E-state index in [0.717, 1.165) is 43.4 Å². The van der Waals surface area contributed by atoms with Crippen molar-refractivity contribution < 1.29 is 33.6 Å². The Balaban J connectivity index is 1.35. The fraction of sp³-hybridized carbons (Fsp3) is 0.576. The number of fused-ring (bicyclic) bond motifs is 1. The van der Waals surface area contributed by atoms with Crippen molar-refractivity contribution in [2.45, 2.75) is 95.4 Å². The molecule has 222 valence electrons. The smallest absolute Gasteiger partial charge is 0.303 e. The second kappa shape index (κ2) is 15.2. The summed E-state index contributed by atoms with van der Waals surface area (Å²) in [5, 5.41) is 10.1. The Morgan fingerprint density at radius 2 is 1.85 bits per heavy atom. The highest BCUT2D eigenvalue weighted by atomic mass is 32.1. The maximum atomic E-state index is 13.3. The molecular formula is C33H42O7S. The van der Waals surface area contributed by atoms with Gasteiger partial charge in [0.05, 0.1) is 6.10 Å². The first-order valence-electron chi connectivity index (χ1n) is 15.2. The number of allylic oxidation sites excluding steroid dienone is 2. The van der Waals surface area contributed by atoms with Crippen LogP contribution in [0.3, 0.4) is 0 Å². The van der Waals surface area contributed by atoms with E-state index in [1.807, 2.05) is 18.2 Å². The average molecular weight is 583 g/mol. The van der Waals surface area contributed by atoms with Crippen LogP contribution in [0.4, 0.5) is 0 Å². The zero-order valence-corrected chi connectivity index (χ0v) is 24.5. The van der Waals surface area contributed by atoms with Crippen molar-refractivity contribution in [3.05, 3.63) is 59.5 Å². The molecule has 3 aliphatic rings. The van der Waals surface area contributed by atoms with E-state index >= 15 is 0 Å². The topological polar surface area (TPSA) is 91.3 Å². The number of unbranched alkanes of at least 4 members (excludes halogenated alkanes) is 1. The second-order valence-corrected chi connectivity index (χ2v) is 12.4. The number of hydrogen-bond acceptors (Lipinski definition) is 7. The van der Waals surface area contributed by atoms with Crippen molar-refractivity contribution in [3.63, 3.8) is 0 Å². The second-order valence-electron chi connectivity index (χ2n) is 11.2. The van der Waals surface area contributed by atoms with Gasteiger partial charge in [-0.05, 0) is 75.3 Å². The minimum Gasteiger partial charge on any atom is -0.481 e. The number of ketones is 1. The van der Waals surface area contributed by atoms with Gasteiger partial charge < -0.3 is 24.1 Å². The van der Waals surface area contributed by atoms with E-state index in [2.05, 4.69) is 36.4 Å². The van der Waals surface area contributed by atoms with Crippen LogP contribution in [0.2, 0.25) is 0 Å². The molecule has 1 aliphatic carbocycles. The van der Waals surface area contributed by atoms with E-state index in [-0.39, 0.29) is 48.8 Å². The number of carboxylic acid groups (broad SMARTS) is 1. The molecule has 1 aromatic heterocycles. The van der Waals surface area contributed by atoms with Gasteiger partial charge in [-0.1, -0.05) is 42.5 Å². The van der Waals surface area contributed by atoms with E-state index in [9.17, 15) is 9.59 Å². The zero-order valence-electron chi connectivity index (χ0n) is 23.7. The molecule has 41 heavy (non-hydrogen) atoms. The Hall–Kier alpha value is -2.36. The quantitative estimate of drug-likeness (QED) is 0.195. The van der Waals surface area contributed by atoms with Crippen molar-refractivity contribution >= 4 is 33.2 Å². The molecule has 1 aromatic carbocycles. The maximum absolute atomic E-state index is 13.3. The van der Waals surface area contributed by atoms with E-state index in [1.54, 1.807) is 11.3 Å². The van der Waals surface area contributed by atoms with Crippen LogP contribution in [0.15, 0.2) is 54.6 Å². The van der Waals surface area contributed by atoms with Gasteiger partial charge in [-0.3, -0.25) is 9.59 Å². The number of carboxylic acids is 1. The highest BCUT2D eigenvalue weighted by molar-refractivity contribution is 7.19. The first-order valence-corrected chi connectivity index (χ1v) is 16.0. The van der Waals surface area contributed by atoms with Crippen LogP contribution in [0.25, 0.3) is 10.1 Å². The van der Waals surface area contributed by atoms with Crippen LogP contribution in [0.5, 0.6) is 0 Å². The van der Waals surface area contributed by atoms with E-state index < -0.39 is 5.97 Å². The van der Waals surface area contributed by atoms with Crippen LogP contribution in [-0.4, -0.2) is 48.8 Å². The lowest BCUT2D eigenvalue weighted by molar-refractivity contribution is -0.192. The minimum atomic E-state index is -0.784. The van der Waals surface area contributed by atoms with Gasteiger partial charge in [0.25, 0.3) is 0 Å². The number of carbonyl (C=O) groups is 2. The molecule has 3 heterocycles. The molecule has 1 N–H and O–H groups in total. The van der Waals surface area contributed by atoms with Crippen molar-refractivity contribution in [2.24, 2.45) is 11.8 Å². The van der Waals surface area contributed by atoms with Gasteiger partial charge in [0.15, 0.2) is 12.6 Å². The zero-order chi connectivity index (χ0) is 28.4. The van der Waals surface area contributed by atoms with Gasteiger partial charge >= 0.3 is 5.97 Å². The summed E-state index contributed by atoms with van der Waals surface area (Å²) in [5.74, 6) is -0.895. The normalized spacial score (nSPS) is 28.2. The molecule has 0 amide bonds. The monoisotopic (exact) mass is 582 g/mol. The number of carbonyl (C=O) groups excluding carboxylic acids is 1. The summed E-state index contributed by atoms with van der Waals surface area (Å²) in [6, 6.07) is 10.5. The van der Waals surface area contributed by atoms with Crippen LogP contribution in [-0.2, 0) is 28.5 Å². The summed E-state index contributed by atoms with van der Waals surface area (Å²) >= 11 is 1.73. The molecule has 2 aliphatic heterocycles. The molecule has 8 heteroatoms. The molecule has 6 atom stereocenters. The lowest BCUT2D eigenvalue weighted by atomic mass is 9.90. The fourth-order valence-electron chi connectivity index (χ4n) is 5.95. The van der Waals surface area contributed by atoms with Crippen molar-refractivity contribution in [2.75, 3.05) is 13.2 Å². The Kier molecular flexibility index (Phi) is 11.2. The summed E-state index contributed by atoms with van der Waals surface area (Å²) in [6.07, 6.45) is 15.6. The number of ether oxygens (including phenoxy) is 4. The lowest BCUT2D eigenvalue weighted by Crippen LogP contribution is -2.30. The third-order valence-electron chi connectivity index (χ3n) is 8.16. The first-order chi connectivity index (χ1) is 20.1. The maximum Gasteiger partial charge on any atom is 0.303 e. The summed E-state index contributed by atoms with van der Waals surface area (Å²) < 4.78 is 26.0. The van der Waals surface area contributed by atoms with Crippen molar-refractivity contribution in [1.82, 2.24) is 0 Å². The summed E-state index contributed by atoms with van der Waals surface area (Å²) in [6.45, 7) is 1.40. The van der Waals surface area contributed by atoms with Gasteiger partial charge in [-0.2, -0.15) is 0 Å². The van der Waals surface area contributed by atoms with Crippen molar-refractivity contribution in [3.8, 4) is 0 Å². The molecule has 2 aromatic rings. The Bertz CT molecular complexity index is 1160. The van der Waals surface area contributed by atoms with Gasteiger partial charge in [0, 0.05) is 47.5 Å². The molecule has 5 rings (SSSR count). The third kappa shape index (κ3) is 8.58. The SMILES string of the molecule is O=C(O)CCC/C=C\C[C@H]1C(=O)C[C@@H](OC2CCCCO2)[C@@H]1/C=C/[C@@H](OC1CCCCO1)c1cc2ccccc2s1. The first kappa shape index (κ1) is 30.1. The van der Waals surface area contributed by atoms with Gasteiger partial charge in [0.2, 0.25) is 0 Å². The Morgan fingerprint density at radius 3 is 2.59 bits per heavy atom. The number of benzene rings is 1. The predicted octanol–water partition coefficient (Wildman–Crippen LogP) is 7.36. The van der Waals surface area contributed by atoms with Crippen LogP contribution >= 0.6 is 11.3 Å². The number of Topliss-reactive ketones (excluding diaryl/α,β-unsaturated/α-hetero) is 1. The van der Waals surface area contributed by atoms with Gasteiger partial charge in [-0.15, -0.1) is 11.3 Å². The van der Waals surface area contributed by atoms with Gasteiger partial charge in [0.1, 0.15) is 11.9 Å². The molecule has 0 radical (unpaired) electrons. The third-order valence-corrected chi connectivity index (χ3v) is 9.34.